The maximum Gasteiger partial charge on any atom is 0.338 e. The largest absolute Gasteiger partial charge is 0.495 e. The predicted molar refractivity (Wildman–Crippen MR) is 125 cm³/mol. The number of carbonyl (C=O) groups excluding carboxylic acids is 1. The molecule has 2 atom stereocenters. The number of ether oxygens (including phenoxy) is 2. The van der Waals surface area contributed by atoms with Crippen LogP contribution in [0.4, 0.5) is 0 Å². The van der Waals surface area contributed by atoms with Crippen LogP contribution in [-0.2, 0) is 21.4 Å². The quantitative estimate of drug-likeness (QED) is 0.512. The fourth-order valence-corrected chi connectivity index (χ4v) is 5.74. The Balaban J connectivity index is 1.53. The van der Waals surface area contributed by atoms with Crippen LogP contribution < -0.4 is 15.0 Å². The standard InChI is InChI=1S/C24H27N3O6S/c1-16-7-3-4-8-19(16)26-34(30,31)21-13-17(10-11-20(21)32-2)24(29)33-15-18-14-23(28)27-12-6-5-9-22(27)25-18/h5-6,9-14,16,19,26H,3-4,7-8,15H2,1-2H3/t16-,19+/m0/s1. The SMILES string of the molecule is COc1ccc(C(=O)OCc2cc(=O)n3ccccc3n2)cc1S(=O)(=O)N[C@@H]1CCCC[C@@H]1C. The highest BCUT2D eigenvalue weighted by Gasteiger charge is 2.29. The van der Waals surface area contributed by atoms with E-state index in [9.17, 15) is 18.0 Å². The third-order valence-corrected chi connectivity index (χ3v) is 7.59. The van der Waals surface area contributed by atoms with E-state index in [-0.39, 0.29) is 40.3 Å². The number of hydrogen-bond acceptors (Lipinski definition) is 7. The van der Waals surface area contributed by atoms with E-state index in [2.05, 4.69) is 9.71 Å². The van der Waals surface area contributed by atoms with E-state index >= 15 is 0 Å². The lowest BCUT2D eigenvalue weighted by molar-refractivity contribution is 0.0467. The summed E-state index contributed by atoms with van der Waals surface area (Å²) in [6.45, 7) is 1.80. The lowest BCUT2D eigenvalue weighted by Gasteiger charge is -2.29. The van der Waals surface area contributed by atoms with Crippen molar-refractivity contribution in [2.24, 2.45) is 5.92 Å². The molecule has 1 aliphatic carbocycles. The van der Waals surface area contributed by atoms with Crippen molar-refractivity contribution in [1.82, 2.24) is 14.1 Å². The molecule has 1 saturated carbocycles. The van der Waals surface area contributed by atoms with Crippen LogP contribution in [0.1, 0.15) is 48.7 Å². The number of rotatable bonds is 7. The van der Waals surface area contributed by atoms with Gasteiger partial charge in [-0.3, -0.25) is 9.20 Å². The molecule has 0 radical (unpaired) electrons. The molecule has 1 fully saturated rings. The van der Waals surface area contributed by atoms with Crippen LogP contribution in [0.2, 0.25) is 0 Å². The van der Waals surface area contributed by atoms with Crippen molar-refractivity contribution in [2.45, 2.75) is 50.2 Å². The van der Waals surface area contributed by atoms with Gasteiger partial charge in [0.1, 0.15) is 22.9 Å². The molecule has 0 spiro atoms. The van der Waals surface area contributed by atoms with Crippen molar-refractivity contribution in [3.8, 4) is 5.75 Å². The molecule has 2 heterocycles. The van der Waals surface area contributed by atoms with Gasteiger partial charge in [-0.1, -0.05) is 25.8 Å². The number of nitrogens with one attached hydrogen (secondary N) is 1. The molecule has 1 N–H and O–H groups in total. The zero-order valence-electron chi connectivity index (χ0n) is 19.1. The zero-order valence-corrected chi connectivity index (χ0v) is 19.9. The number of fused-ring (bicyclic) bond motifs is 1. The van der Waals surface area contributed by atoms with E-state index in [1.54, 1.807) is 24.4 Å². The van der Waals surface area contributed by atoms with Crippen molar-refractivity contribution in [1.29, 1.82) is 0 Å². The second-order valence-electron chi connectivity index (χ2n) is 8.45. The van der Waals surface area contributed by atoms with Crippen molar-refractivity contribution >= 4 is 21.6 Å². The summed E-state index contributed by atoms with van der Waals surface area (Å²) >= 11 is 0. The van der Waals surface area contributed by atoms with E-state index in [4.69, 9.17) is 9.47 Å². The minimum atomic E-state index is -3.93. The number of aromatic nitrogens is 2. The lowest BCUT2D eigenvalue weighted by Crippen LogP contribution is -2.41. The summed E-state index contributed by atoms with van der Waals surface area (Å²) in [6, 6.07) is 10.4. The van der Waals surface area contributed by atoms with Gasteiger partial charge in [-0.15, -0.1) is 0 Å². The van der Waals surface area contributed by atoms with Gasteiger partial charge in [-0.05, 0) is 49.1 Å². The van der Waals surface area contributed by atoms with E-state index in [1.165, 1.54) is 35.8 Å². The van der Waals surface area contributed by atoms with Crippen LogP contribution in [0.25, 0.3) is 5.65 Å². The number of carbonyl (C=O) groups is 1. The summed E-state index contributed by atoms with van der Waals surface area (Å²) in [5.41, 5.74) is 0.480. The molecule has 34 heavy (non-hydrogen) atoms. The van der Waals surface area contributed by atoms with E-state index in [0.29, 0.717) is 11.3 Å². The average molecular weight is 486 g/mol. The topological polar surface area (TPSA) is 116 Å². The third kappa shape index (κ3) is 5.13. The van der Waals surface area contributed by atoms with Crippen molar-refractivity contribution in [3.05, 3.63) is 70.3 Å². The molecule has 0 bridgehead atoms. The summed E-state index contributed by atoms with van der Waals surface area (Å²) in [5.74, 6) is -0.377. The van der Waals surface area contributed by atoms with Gasteiger partial charge >= 0.3 is 5.97 Å². The number of nitrogens with zero attached hydrogens (tertiary/aromatic N) is 2. The van der Waals surface area contributed by atoms with E-state index in [1.807, 2.05) is 6.92 Å². The third-order valence-electron chi connectivity index (χ3n) is 6.08. The first-order valence-corrected chi connectivity index (χ1v) is 12.6. The van der Waals surface area contributed by atoms with Crippen molar-refractivity contribution < 1.29 is 22.7 Å². The van der Waals surface area contributed by atoms with E-state index in [0.717, 1.165) is 25.7 Å². The number of pyridine rings is 1. The predicted octanol–water partition coefficient (Wildman–Crippen LogP) is 2.92. The van der Waals surface area contributed by atoms with Crippen LogP contribution in [0.3, 0.4) is 0 Å². The van der Waals surface area contributed by atoms with E-state index < -0.39 is 16.0 Å². The molecule has 9 nitrogen and oxygen atoms in total. The Morgan fingerprint density at radius 1 is 1.18 bits per heavy atom. The second kappa shape index (κ2) is 9.94. The Bertz CT molecular complexity index is 1370. The Kier molecular flexibility index (Phi) is 6.99. The second-order valence-corrected chi connectivity index (χ2v) is 10.1. The fourth-order valence-electron chi connectivity index (χ4n) is 4.17. The first-order chi connectivity index (χ1) is 16.3. The Morgan fingerprint density at radius 3 is 2.74 bits per heavy atom. The molecule has 10 heteroatoms. The molecule has 4 rings (SSSR count). The summed E-state index contributed by atoms with van der Waals surface area (Å²) in [5, 5.41) is 0. The maximum atomic E-state index is 13.2. The zero-order chi connectivity index (χ0) is 24.3. The van der Waals surface area contributed by atoms with Gasteiger partial charge in [0, 0.05) is 18.3 Å². The number of methoxy groups -OCH3 is 1. The molecular weight excluding hydrogens is 458 g/mol. The molecule has 0 amide bonds. The Morgan fingerprint density at radius 2 is 1.97 bits per heavy atom. The van der Waals surface area contributed by atoms with Crippen LogP contribution in [0.15, 0.2) is 58.4 Å². The molecule has 3 aromatic rings. The van der Waals surface area contributed by atoms with Crippen molar-refractivity contribution in [3.63, 3.8) is 0 Å². The highest BCUT2D eigenvalue weighted by molar-refractivity contribution is 7.89. The number of hydrogen-bond donors (Lipinski definition) is 1. The smallest absolute Gasteiger partial charge is 0.338 e. The van der Waals surface area contributed by atoms with Crippen molar-refractivity contribution in [2.75, 3.05) is 7.11 Å². The molecule has 180 valence electrons. The molecule has 1 aromatic carbocycles. The van der Waals surface area contributed by atoms with Gasteiger partial charge in [0.05, 0.1) is 18.4 Å². The number of sulfonamides is 1. The number of esters is 1. The minimum absolute atomic E-state index is 0.0513. The molecular formula is C24H27N3O6S. The van der Waals surface area contributed by atoms with Crippen LogP contribution >= 0.6 is 0 Å². The highest BCUT2D eigenvalue weighted by atomic mass is 32.2. The average Bonchev–Trinajstić information content (AvgIpc) is 2.83. The monoisotopic (exact) mass is 485 g/mol. The van der Waals surface area contributed by atoms with Gasteiger partial charge in [0.25, 0.3) is 5.56 Å². The van der Waals surface area contributed by atoms with Gasteiger partial charge in [-0.25, -0.2) is 22.9 Å². The lowest BCUT2D eigenvalue weighted by atomic mass is 9.87. The first-order valence-electron chi connectivity index (χ1n) is 11.1. The normalized spacial score (nSPS) is 18.5. The molecule has 0 unspecified atom stereocenters. The summed E-state index contributed by atoms with van der Waals surface area (Å²) in [4.78, 5) is 29.1. The molecule has 1 aliphatic rings. The van der Waals surface area contributed by atoms with Gasteiger partial charge < -0.3 is 9.47 Å². The van der Waals surface area contributed by atoms with Gasteiger partial charge in [0.2, 0.25) is 10.0 Å². The first kappa shape index (κ1) is 23.9. The Hall–Kier alpha value is -3.24. The van der Waals surface area contributed by atoms with Gasteiger partial charge in [0.15, 0.2) is 0 Å². The van der Waals surface area contributed by atoms with Crippen LogP contribution in [-0.4, -0.2) is 36.9 Å². The fraction of sp³-hybridized carbons (Fsp3) is 0.375. The molecule has 0 aliphatic heterocycles. The number of benzene rings is 1. The maximum absolute atomic E-state index is 13.2. The summed E-state index contributed by atoms with van der Waals surface area (Å²) in [7, 11) is -2.55. The van der Waals surface area contributed by atoms with Crippen LogP contribution in [0.5, 0.6) is 5.75 Å². The minimum Gasteiger partial charge on any atom is -0.495 e. The molecule has 0 saturated heterocycles. The Labute approximate surface area is 197 Å². The summed E-state index contributed by atoms with van der Waals surface area (Å²) < 4.78 is 41.0. The molecule has 2 aromatic heterocycles. The summed E-state index contributed by atoms with van der Waals surface area (Å²) in [6.07, 6.45) is 5.38. The van der Waals surface area contributed by atoms with Crippen LogP contribution in [0, 0.1) is 5.92 Å². The highest BCUT2D eigenvalue weighted by Crippen LogP contribution is 2.29. The van der Waals surface area contributed by atoms with Gasteiger partial charge in [-0.2, -0.15) is 0 Å².